The predicted octanol–water partition coefficient (Wildman–Crippen LogP) is 3.60. The number of hydrazone groups is 1. The summed E-state index contributed by atoms with van der Waals surface area (Å²) in [5.74, 6) is -0.357. The first-order valence-corrected chi connectivity index (χ1v) is 11.4. The van der Waals surface area contributed by atoms with Crippen molar-refractivity contribution in [3.8, 4) is 17.1 Å². The van der Waals surface area contributed by atoms with Crippen LogP contribution in [0.25, 0.3) is 17.1 Å². The maximum Gasteiger partial charge on any atom is 0.342 e. The summed E-state index contributed by atoms with van der Waals surface area (Å²) in [4.78, 5) is 23.3. The number of carbonyl (C=O) groups excluding carboxylic acids is 1. The molecule has 0 aliphatic carbocycles. The van der Waals surface area contributed by atoms with Crippen molar-refractivity contribution in [3.05, 3.63) is 95.6 Å². The van der Waals surface area contributed by atoms with Crippen LogP contribution in [0.3, 0.4) is 0 Å². The van der Waals surface area contributed by atoms with Gasteiger partial charge in [0.1, 0.15) is 5.69 Å². The Morgan fingerprint density at radius 2 is 1.76 bits per heavy atom. The van der Waals surface area contributed by atoms with E-state index in [1.807, 2.05) is 66.1 Å². The van der Waals surface area contributed by atoms with Crippen LogP contribution in [-0.4, -0.2) is 39.1 Å². The molecule has 0 saturated carbocycles. The number of nitrogens with zero attached hydrogens (tertiary/aromatic N) is 3. The SMILES string of the molecule is Cc1ccc(-[n+]2c(SCC(=O)N/N=C/c3ccc(C(=O)O)cc3)n[nH]c2-c2ccccc2)cc1. The van der Waals surface area contributed by atoms with E-state index >= 15 is 0 Å². The Hall–Kier alpha value is -4.24. The van der Waals surface area contributed by atoms with Gasteiger partial charge in [-0.25, -0.2) is 10.2 Å². The van der Waals surface area contributed by atoms with Crippen LogP contribution in [0.1, 0.15) is 21.5 Å². The van der Waals surface area contributed by atoms with Gasteiger partial charge in [0, 0.05) is 0 Å². The highest BCUT2D eigenvalue weighted by molar-refractivity contribution is 7.99. The first-order valence-electron chi connectivity index (χ1n) is 10.4. The third-order valence-electron chi connectivity index (χ3n) is 4.90. The zero-order valence-corrected chi connectivity index (χ0v) is 19.1. The molecule has 8 nitrogen and oxygen atoms in total. The van der Waals surface area contributed by atoms with Crippen LogP contribution >= 0.6 is 11.8 Å². The average molecular weight is 473 g/mol. The molecule has 4 aromatic rings. The Kier molecular flexibility index (Phi) is 7.14. The van der Waals surface area contributed by atoms with Crippen molar-refractivity contribution < 1.29 is 19.3 Å². The number of aryl methyl sites for hydroxylation is 1. The fraction of sp³-hybridized carbons (Fsp3) is 0.0800. The van der Waals surface area contributed by atoms with E-state index in [-0.39, 0.29) is 17.2 Å². The van der Waals surface area contributed by atoms with E-state index in [0.717, 1.165) is 22.6 Å². The third-order valence-corrected chi connectivity index (χ3v) is 5.84. The van der Waals surface area contributed by atoms with Crippen LogP contribution in [0.2, 0.25) is 0 Å². The topological polar surface area (TPSA) is 111 Å². The number of carbonyl (C=O) groups is 2. The van der Waals surface area contributed by atoms with Crippen molar-refractivity contribution in [1.29, 1.82) is 0 Å². The summed E-state index contributed by atoms with van der Waals surface area (Å²) in [5.41, 5.74) is 6.42. The fourth-order valence-electron chi connectivity index (χ4n) is 3.17. The number of H-pyrrole nitrogens is 1. The molecule has 0 fully saturated rings. The smallest absolute Gasteiger partial charge is 0.342 e. The van der Waals surface area contributed by atoms with Gasteiger partial charge in [0.25, 0.3) is 11.7 Å². The number of hydrogen-bond acceptors (Lipinski definition) is 5. The molecule has 34 heavy (non-hydrogen) atoms. The number of nitrogens with one attached hydrogen (secondary N) is 2. The fourth-order valence-corrected chi connectivity index (χ4v) is 3.93. The van der Waals surface area contributed by atoms with Gasteiger partial charge in [0.15, 0.2) is 0 Å². The number of carboxylic acids is 1. The van der Waals surface area contributed by atoms with Gasteiger partial charge in [0.05, 0.1) is 28.2 Å². The summed E-state index contributed by atoms with van der Waals surface area (Å²) in [5, 5.41) is 21.1. The van der Waals surface area contributed by atoms with Gasteiger partial charge in [-0.1, -0.05) is 48.0 Å². The molecular formula is C25H22N5O3S+. The van der Waals surface area contributed by atoms with Crippen molar-refractivity contribution in [2.24, 2.45) is 5.10 Å². The summed E-state index contributed by atoms with van der Waals surface area (Å²) in [7, 11) is 0. The lowest BCUT2D eigenvalue weighted by molar-refractivity contribution is -0.625. The van der Waals surface area contributed by atoms with Gasteiger partial charge < -0.3 is 5.11 Å². The molecule has 1 heterocycles. The average Bonchev–Trinajstić information content (AvgIpc) is 3.28. The van der Waals surface area contributed by atoms with E-state index in [0.29, 0.717) is 10.7 Å². The minimum Gasteiger partial charge on any atom is -0.478 e. The molecule has 1 amide bonds. The summed E-state index contributed by atoms with van der Waals surface area (Å²) in [6.07, 6.45) is 1.46. The second-order valence-corrected chi connectivity index (χ2v) is 8.34. The van der Waals surface area contributed by atoms with Gasteiger partial charge in [-0.15, -0.1) is 5.10 Å². The number of thioether (sulfide) groups is 1. The third kappa shape index (κ3) is 5.57. The Balaban J connectivity index is 1.46. The second kappa shape index (κ2) is 10.6. The lowest BCUT2D eigenvalue weighted by atomic mass is 10.1. The Morgan fingerprint density at radius 3 is 2.44 bits per heavy atom. The van der Waals surface area contributed by atoms with E-state index in [2.05, 4.69) is 20.7 Å². The van der Waals surface area contributed by atoms with E-state index < -0.39 is 5.97 Å². The molecule has 0 unspecified atom stereocenters. The number of hydrogen-bond donors (Lipinski definition) is 3. The molecule has 0 atom stereocenters. The zero-order valence-electron chi connectivity index (χ0n) is 18.3. The molecule has 4 rings (SSSR count). The molecule has 0 spiro atoms. The van der Waals surface area contributed by atoms with Crippen molar-refractivity contribution in [2.75, 3.05) is 5.75 Å². The molecule has 0 saturated heterocycles. The summed E-state index contributed by atoms with van der Waals surface area (Å²) < 4.78 is 1.99. The predicted molar refractivity (Wildman–Crippen MR) is 130 cm³/mol. The molecule has 3 aromatic carbocycles. The Morgan fingerprint density at radius 1 is 1.06 bits per heavy atom. The first-order chi connectivity index (χ1) is 16.5. The van der Waals surface area contributed by atoms with E-state index in [9.17, 15) is 9.59 Å². The van der Waals surface area contributed by atoms with Crippen LogP contribution in [-0.2, 0) is 4.79 Å². The van der Waals surface area contributed by atoms with Crippen LogP contribution in [0.15, 0.2) is 89.1 Å². The number of aromatic amines is 1. The van der Waals surface area contributed by atoms with Gasteiger partial charge in [-0.05, 0) is 60.6 Å². The molecule has 3 N–H and O–H groups in total. The van der Waals surface area contributed by atoms with E-state index in [1.165, 1.54) is 30.1 Å². The molecule has 1 aromatic heterocycles. The minimum atomic E-state index is -0.995. The van der Waals surface area contributed by atoms with Gasteiger partial charge in [0.2, 0.25) is 0 Å². The number of benzene rings is 3. The highest BCUT2D eigenvalue weighted by atomic mass is 32.2. The maximum atomic E-state index is 12.3. The quantitative estimate of drug-likeness (QED) is 0.157. The lowest BCUT2D eigenvalue weighted by Gasteiger charge is -2.05. The molecule has 170 valence electrons. The standard InChI is InChI=1S/C25H21N5O3S/c1-17-7-13-21(14-8-17)30-23(19-5-3-2-4-6-19)28-29-25(30)34-16-22(31)27-26-15-18-9-11-20(12-10-18)24(32)33/h2-15H,16H2,1H3,(H2,27,31,32,33)/p+1/b26-15+. The highest BCUT2D eigenvalue weighted by Crippen LogP contribution is 2.20. The van der Waals surface area contributed by atoms with E-state index in [4.69, 9.17) is 5.11 Å². The van der Waals surface area contributed by atoms with Crippen LogP contribution in [0.5, 0.6) is 0 Å². The van der Waals surface area contributed by atoms with Crippen LogP contribution < -0.4 is 9.99 Å². The monoisotopic (exact) mass is 472 g/mol. The molecule has 0 aliphatic rings. The van der Waals surface area contributed by atoms with Crippen LogP contribution in [0.4, 0.5) is 0 Å². The first kappa shape index (κ1) is 22.9. The molecule has 9 heteroatoms. The van der Waals surface area contributed by atoms with Crippen molar-refractivity contribution in [1.82, 2.24) is 15.6 Å². The number of rotatable bonds is 8. The zero-order chi connectivity index (χ0) is 23.9. The normalized spacial score (nSPS) is 11.0. The van der Waals surface area contributed by atoms with Crippen molar-refractivity contribution in [3.63, 3.8) is 0 Å². The van der Waals surface area contributed by atoms with Crippen molar-refractivity contribution >= 4 is 29.9 Å². The number of aromatic nitrogens is 3. The Labute approximate surface area is 200 Å². The second-order valence-electron chi connectivity index (χ2n) is 7.40. The maximum absolute atomic E-state index is 12.3. The molecule has 0 radical (unpaired) electrons. The van der Waals surface area contributed by atoms with Gasteiger partial charge >= 0.3 is 11.1 Å². The van der Waals surface area contributed by atoms with Crippen LogP contribution in [0, 0.1) is 6.92 Å². The highest BCUT2D eigenvalue weighted by Gasteiger charge is 2.24. The lowest BCUT2D eigenvalue weighted by Crippen LogP contribution is -2.34. The molecule has 0 aliphatic heterocycles. The summed E-state index contributed by atoms with van der Waals surface area (Å²) in [6.45, 7) is 2.03. The van der Waals surface area contributed by atoms with Crippen molar-refractivity contribution in [2.45, 2.75) is 12.1 Å². The summed E-state index contributed by atoms with van der Waals surface area (Å²) >= 11 is 1.29. The molecule has 0 bridgehead atoms. The number of carboxylic acid groups (broad SMARTS) is 1. The minimum absolute atomic E-state index is 0.111. The van der Waals surface area contributed by atoms with Gasteiger partial charge in [-0.3, -0.25) is 4.79 Å². The van der Waals surface area contributed by atoms with E-state index in [1.54, 1.807) is 12.1 Å². The number of aromatic carboxylic acids is 1. The Bertz CT molecular complexity index is 1320. The largest absolute Gasteiger partial charge is 0.478 e. The van der Waals surface area contributed by atoms with Gasteiger partial charge in [-0.2, -0.15) is 9.67 Å². The molecular weight excluding hydrogens is 450 g/mol. The summed E-state index contributed by atoms with van der Waals surface area (Å²) in [6, 6.07) is 24.2. The number of amides is 1.